The number of likely N-dealkylation sites (tertiary alicyclic amines) is 1. The number of hydrogen-bond donors (Lipinski definition) is 2. The second-order valence-electron chi connectivity index (χ2n) is 4.70. The summed E-state index contributed by atoms with van der Waals surface area (Å²) in [6, 6.07) is 9.24. The Morgan fingerprint density at radius 2 is 2.11 bits per heavy atom. The molecule has 5 heteroatoms. The van der Waals surface area contributed by atoms with Gasteiger partial charge < -0.3 is 10.5 Å². The van der Waals surface area contributed by atoms with Crippen LogP contribution in [0.1, 0.15) is 24.8 Å². The Labute approximate surface area is 112 Å². The van der Waals surface area contributed by atoms with Gasteiger partial charge in [0.05, 0.1) is 6.04 Å². The number of rotatable bonds is 3. The Hall–Kier alpha value is -2.04. The van der Waals surface area contributed by atoms with Crippen LogP contribution < -0.4 is 5.73 Å². The first-order chi connectivity index (χ1) is 9.18. The molecule has 3 N–H and O–H groups in total. The van der Waals surface area contributed by atoms with E-state index in [-0.39, 0.29) is 24.6 Å². The number of nitrogens with one attached hydrogen (secondary N) is 1. The highest BCUT2D eigenvalue weighted by Crippen LogP contribution is 2.18. The summed E-state index contributed by atoms with van der Waals surface area (Å²) in [4.78, 5) is 13.6. The number of amidine groups is 1. The van der Waals surface area contributed by atoms with Crippen molar-refractivity contribution in [1.82, 2.24) is 4.90 Å². The monoisotopic (exact) mass is 261 g/mol. The third-order valence-electron chi connectivity index (χ3n) is 3.30. The SMILES string of the molecule is N=C(N)C1CCCCN1C(=O)OCc1ccccc1. The molecule has 1 aromatic rings. The average Bonchev–Trinajstić information content (AvgIpc) is 2.46. The number of nitrogens with two attached hydrogens (primary N) is 1. The smallest absolute Gasteiger partial charge is 0.410 e. The van der Waals surface area contributed by atoms with Gasteiger partial charge in [-0.15, -0.1) is 0 Å². The van der Waals surface area contributed by atoms with Crippen LogP contribution in [0.2, 0.25) is 0 Å². The highest BCUT2D eigenvalue weighted by Gasteiger charge is 2.29. The van der Waals surface area contributed by atoms with E-state index in [4.69, 9.17) is 15.9 Å². The summed E-state index contributed by atoms with van der Waals surface area (Å²) in [5, 5.41) is 7.54. The van der Waals surface area contributed by atoms with Crippen molar-refractivity contribution >= 4 is 11.9 Å². The van der Waals surface area contributed by atoms with Crippen LogP contribution in [0.5, 0.6) is 0 Å². The van der Waals surface area contributed by atoms with Crippen molar-refractivity contribution in [3.63, 3.8) is 0 Å². The van der Waals surface area contributed by atoms with Gasteiger partial charge in [0.2, 0.25) is 0 Å². The Morgan fingerprint density at radius 1 is 1.37 bits per heavy atom. The molecule has 0 aliphatic carbocycles. The van der Waals surface area contributed by atoms with Gasteiger partial charge in [-0.3, -0.25) is 10.3 Å². The van der Waals surface area contributed by atoms with Crippen molar-refractivity contribution in [2.24, 2.45) is 5.73 Å². The molecule has 0 spiro atoms. The molecule has 102 valence electrons. The van der Waals surface area contributed by atoms with Gasteiger partial charge in [-0.2, -0.15) is 0 Å². The van der Waals surface area contributed by atoms with Crippen LogP contribution in [0, 0.1) is 5.41 Å². The van der Waals surface area contributed by atoms with Crippen molar-refractivity contribution in [1.29, 1.82) is 5.41 Å². The van der Waals surface area contributed by atoms with E-state index in [0.717, 1.165) is 24.8 Å². The molecule has 0 saturated carbocycles. The number of hydrogen-bond acceptors (Lipinski definition) is 3. The predicted molar refractivity (Wildman–Crippen MR) is 72.9 cm³/mol. The minimum atomic E-state index is -0.385. The zero-order chi connectivity index (χ0) is 13.7. The number of ether oxygens (including phenoxy) is 1. The van der Waals surface area contributed by atoms with Crippen LogP contribution in [0.15, 0.2) is 30.3 Å². The summed E-state index contributed by atoms with van der Waals surface area (Å²) in [5.74, 6) is 0.0383. The van der Waals surface area contributed by atoms with Crippen molar-refractivity contribution in [2.75, 3.05) is 6.54 Å². The van der Waals surface area contributed by atoms with E-state index in [9.17, 15) is 4.79 Å². The lowest BCUT2D eigenvalue weighted by molar-refractivity contribution is 0.0804. The summed E-state index contributed by atoms with van der Waals surface area (Å²) in [6.07, 6.45) is 2.29. The molecule has 1 atom stereocenters. The van der Waals surface area contributed by atoms with Crippen LogP contribution >= 0.6 is 0 Å². The molecule has 1 fully saturated rings. The average molecular weight is 261 g/mol. The van der Waals surface area contributed by atoms with E-state index in [0.29, 0.717) is 6.54 Å². The largest absolute Gasteiger partial charge is 0.445 e. The first-order valence-corrected chi connectivity index (χ1v) is 6.49. The van der Waals surface area contributed by atoms with Crippen molar-refractivity contribution in [2.45, 2.75) is 31.9 Å². The maximum atomic E-state index is 12.0. The van der Waals surface area contributed by atoms with Crippen LogP contribution in [0.3, 0.4) is 0 Å². The fraction of sp³-hybridized carbons (Fsp3) is 0.429. The molecule has 1 heterocycles. The molecule has 0 aromatic heterocycles. The van der Waals surface area contributed by atoms with Gasteiger partial charge in [0.1, 0.15) is 12.4 Å². The molecule has 1 amide bonds. The topological polar surface area (TPSA) is 79.4 Å². The summed E-state index contributed by atoms with van der Waals surface area (Å²) in [6.45, 7) is 0.860. The molecule has 1 saturated heterocycles. The quantitative estimate of drug-likeness (QED) is 0.646. The molecule has 1 aromatic carbocycles. The Kier molecular flexibility index (Phi) is 4.39. The number of amides is 1. The maximum Gasteiger partial charge on any atom is 0.410 e. The van der Waals surface area contributed by atoms with Crippen LogP contribution in [-0.4, -0.2) is 29.4 Å². The third-order valence-corrected chi connectivity index (χ3v) is 3.30. The van der Waals surface area contributed by atoms with Crippen LogP contribution in [0.25, 0.3) is 0 Å². The molecule has 19 heavy (non-hydrogen) atoms. The summed E-state index contributed by atoms with van der Waals surface area (Å²) in [5.41, 5.74) is 6.49. The minimum absolute atomic E-state index is 0.0383. The van der Waals surface area contributed by atoms with Gasteiger partial charge >= 0.3 is 6.09 Å². The zero-order valence-electron chi connectivity index (χ0n) is 10.8. The van der Waals surface area contributed by atoms with Crippen molar-refractivity contribution in [3.8, 4) is 0 Å². The normalized spacial score (nSPS) is 18.9. The minimum Gasteiger partial charge on any atom is -0.445 e. The first kappa shape index (κ1) is 13.4. The number of carbonyl (C=O) groups excluding carboxylic acids is 1. The van der Waals surface area contributed by atoms with Crippen molar-refractivity contribution in [3.05, 3.63) is 35.9 Å². The van der Waals surface area contributed by atoms with Crippen LogP contribution in [-0.2, 0) is 11.3 Å². The lowest BCUT2D eigenvalue weighted by atomic mass is 10.0. The molecule has 1 unspecified atom stereocenters. The molecule has 1 aliphatic heterocycles. The number of benzene rings is 1. The van der Waals surface area contributed by atoms with E-state index in [1.165, 1.54) is 0 Å². The van der Waals surface area contributed by atoms with Crippen LogP contribution in [0.4, 0.5) is 4.79 Å². The fourth-order valence-electron chi connectivity index (χ4n) is 2.28. The van der Waals surface area contributed by atoms with Gasteiger partial charge in [0.15, 0.2) is 0 Å². The Bertz CT molecular complexity index is 447. The van der Waals surface area contributed by atoms with Gasteiger partial charge in [-0.05, 0) is 24.8 Å². The van der Waals surface area contributed by atoms with Gasteiger partial charge in [-0.25, -0.2) is 4.79 Å². The molecule has 5 nitrogen and oxygen atoms in total. The standard InChI is InChI=1S/C14H19N3O2/c15-13(16)12-8-4-5-9-17(12)14(18)19-10-11-6-2-1-3-7-11/h1-3,6-7,12H,4-5,8-10H2,(H3,15,16). The molecule has 0 bridgehead atoms. The summed E-state index contributed by atoms with van der Waals surface area (Å²) in [7, 11) is 0. The fourth-order valence-corrected chi connectivity index (χ4v) is 2.28. The Balaban J connectivity index is 1.93. The number of piperidine rings is 1. The Morgan fingerprint density at radius 3 is 2.79 bits per heavy atom. The highest BCUT2D eigenvalue weighted by atomic mass is 16.6. The lowest BCUT2D eigenvalue weighted by Gasteiger charge is -2.33. The summed E-state index contributed by atoms with van der Waals surface area (Å²) < 4.78 is 5.28. The third kappa shape index (κ3) is 3.47. The lowest BCUT2D eigenvalue weighted by Crippen LogP contribution is -2.50. The molecule has 2 rings (SSSR count). The maximum absolute atomic E-state index is 12.0. The molecule has 1 aliphatic rings. The van der Waals surface area contributed by atoms with E-state index in [2.05, 4.69) is 0 Å². The first-order valence-electron chi connectivity index (χ1n) is 6.49. The second-order valence-corrected chi connectivity index (χ2v) is 4.70. The van der Waals surface area contributed by atoms with Gasteiger partial charge in [-0.1, -0.05) is 30.3 Å². The predicted octanol–water partition coefficient (Wildman–Crippen LogP) is 2.11. The summed E-state index contributed by atoms with van der Waals surface area (Å²) >= 11 is 0. The van der Waals surface area contributed by atoms with E-state index < -0.39 is 0 Å². The molecular formula is C14H19N3O2. The van der Waals surface area contributed by atoms with E-state index >= 15 is 0 Å². The number of nitrogens with zero attached hydrogens (tertiary/aromatic N) is 1. The highest BCUT2D eigenvalue weighted by molar-refractivity contribution is 5.86. The van der Waals surface area contributed by atoms with E-state index in [1.54, 1.807) is 4.90 Å². The van der Waals surface area contributed by atoms with Gasteiger partial charge in [0, 0.05) is 6.54 Å². The van der Waals surface area contributed by atoms with E-state index in [1.807, 2.05) is 30.3 Å². The zero-order valence-corrected chi connectivity index (χ0v) is 10.8. The second kappa shape index (κ2) is 6.22. The molecular weight excluding hydrogens is 242 g/mol. The number of carbonyl (C=O) groups is 1. The van der Waals surface area contributed by atoms with Gasteiger partial charge in [0.25, 0.3) is 0 Å². The molecule has 0 radical (unpaired) electrons. The van der Waals surface area contributed by atoms with Crippen molar-refractivity contribution < 1.29 is 9.53 Å².